The number of hydrogen-bond acceptors (Lipinski definition) is 3. The van der Waals surface area contributed by atoms with Gasteiger partial charge in [0, 0.05) is 23.9 Å². The van der Waals surface area contributed by atoms with Crippen LogP contribution >= 0.6 is 11.8 Å². The highest BCUT2D eigenvalue weighted by Crippen LogP contribution is 2.22. The van der Waals surface area contributed by atoms with Gasteiger partial charge in [0.2, 0.25) is 5.91 Å². The fraction of sp³-hybridized carbons (Fsp3) is 0.933. The van der Waals surface area contributed by atoms with Crippen LogP contribution in [-0.2, 0) is 4.79 Å². The molecule has 3 nitrogen and oxygen atoms in total. The van der Waals surface area contributed by atoms with Crippen LogP contribution in [0.1, 0.15) is 47.5 Å². The Hall–Kier alpha value is -0.220. The van der Waals surface area contributed by atoms with Gasteiger partial charge in [0.1, 0.15) is 0 Å². The van der Waals surface area contributed by atoms with Crippen molar-refractivity contribution in [1.82, 2.24) is 10.2 Å². The van der Waals surface area contributed by atoms with Crippen molar-refractivity contribution in [3.05, 3.63) is 0 Å². The summed E-state index contributed by atoms with van der Waals surface area (Å²) in [6.07, 6.45) is 2.51. The fourth-order valence-electron chi connectivity index (χ4n) is 2.32. The highest BCUT2D eigenvalue weighted by Gasteiger charge is 2.22. The summed E-state index contributed by atoms with van der Waals surface area (Å²) >= 11 is 1.71. The van der Waals surface area contributed by atoms with E-state index in [1.54, 1.807) is 11.8 Å². The summed E-state index contributed by atoms with van der Waals surface area (Å²) in [6, 6.07) is 0.620. The van der Waals surface area contributed by atoms with Crippen LogP contribution < -0.4 is 5.32 Å². The highest BCUT2D eigenvalue weighted by atomic mass is 32.2. The normalized spacial score (nSPS) is 21.7. The van der Waals surface area contributed by atoms with E-state index < -0.39 is 0 Å². The molecule has 1 unspecified atom stereocenters. The molecule has 1 amide bonds. The highest BCUT2D eigenvalue weighted by molar-refractivity contribution is 8.01. The average molecular weight is 286 g/mol. The Morgan fingerprint density at radius 2 is 2.11 bits per heavy atom. The summed E-state index contributed by atoms with van der Waals surface area (Å²) < 4.78 is 0.163. The van der Waals surface area contributed by atoms with Crippen LogP contribution in [0.4, 0.5) is 0 Å². The van der Waals surface area contributed by atoms with E-state index in [-0.39, 0.29) is 10.7 Å². The third kappa shape index (κ3) is 7.21. The summed E-state index contributed by atoms with van der Waals surface area (Å²) in [5, 5.41) is 3.10. The molecule has 0 aromatic rings. The number of nitrogens with zero attached hydrogens (tertiary/aromatic N) is 1. The zero-order valence-corrected chi connectivity index (χ0v) is 14.0. The number of amides is 1. The Morgan fingerprint density at radius 3 is 2.68 bits per heavy atom. The first-order valence-electron chi connectivity index (χ1n) is 7.42. The van der Waals surface area contributed by atoms with Crippen LogP contribution in [0.15, 0.2) is 0 Å². The quantitative estimate of drug-likeness (QED) is 0.843. The fourth-order valence-corrected chi connectivity index (χ4v) is 2.99. The molecule has 0 aromatic heterocycles. The molecule has 0 saturated carbocycles. The van der Waals surface area contributed by atoms with Gasteiger partial charge in [-0.2, -0.15) is 0 Å². The van der Waals surface area contributed by atoms with Crippen molar-refractivity contribution >= 4 is 17.7 Å². The maximum Gasteiger partial charge on any atom is 0.230 e. The van der Waals surface area contributed by atoms with Crippen LogP contribution in [-0.4, -0.2) is 47.0 Å². The molecule has 1 aliphatic rings. The molecule has 0 aliphatic carbocycles. The topological polar surface area (TPSA) is 32.3 Å². The molecule has 1 aliphatic heterocycles. The van der Waals surface area contributed by atoms with Gasteiger partial charge in [0.15, 0.2) is 0 Å². The first-order chi connectivity index (χ1) is 8.78. The van der Waals surface area contributed by atoms with Gasteiger partial charge in [-0.25, -0.2) is 0 Å². The zero-order valence-electron chi connectivity index (χ0n) is 13.2. The molecule has 1 N–H and O–H groups in total. The summed E-state index contributed by atoms with van der Waals surface area (Å²) in [4.78, 5) is 14.3. The number of thioether (sulfide) groups is 1. The van der Waals surface area contributed by atoms with Gasteiger partial charge in [-0.3, -0.25) is 4.79 Å². The Morgan fingerprint density at radius 1 is 1.42 bits per heavy atom. The molecule has 1 heterocycles. The van der Waals surface area contributed by atoms with E-state index >= 15 is 0 Å². The Bertz CT molecular complexity index is 286. The lowest BCUT2D eigenvalue weighted by molar-refractivity contribution is -0.118. The van der Waals surface area contributed by atoms with Gasteiger partial charge in [-0.15, -0.1) is 11.8 Å². The molecule has 1 rings (SSSR count). The van der Waals surface area contributed by atoms with Gasteiger partial charge in [0.25, 0.3) is 0 Å². The minimum Gasteiger partial charge on any atom is -0.355 e. The number of rotatable bonds is 5. The summed E-state index contributed by atoms with van der Waals surface area (Å²) in [5.74, 6) is 1.38. The number of piperidine rings is 1. The minimum absolute atomic E-state index is 0.163. The van der Waals surface area contributed by atoms with Gasteiger partial charge in [-0.1, -0.05) is 20.8 Å². The van der Waals surface area contributed by atoms with Crippen LogP contribution in [0.2, 0.25) is 0 Å². The average Bonchev–Trinajstić information content (AvgIpc) is 2.33. The number of carbonyl (C=O) groups excluding carboxylic acids is 1. The van der Waals surface area contributed by atoms with Gasteiger partial charge in [0.05, 0.1) is 5.75 Å². The smallest absolute Gasteiger partial charge is 0.230 e. The SMILES string of the molecule is CC(C)N1CCCC(CNC(=O)CSC(C)(C)C)C1. The van der Waals surface area contributed by atoms with E-state index in [4.69, 9.17) is 0 Å². The van der Waals surface area contributed by atoms with Crippen molar-refractivity contribution < 1.29 is 4.79 Å². The van der Waals surface area contributed by atoms with Gasteiger partial charge in [-0.05, 0) is 39.2 Å². The van der Waals surface area contributed by atoms with E-state index in [0.29, 0.717) is 17.7 Å². The molecule has 4 heteroatoms. The van der Waals surface area contributed by atoms with Gasteiger partial charge < -0.3 is 10.2 Å². The van der Waals surface area contributed by atoms with Crippen molar-refractivity contribution in [2.45, 2.75) is 58.2 Å². The molecule has 1 fully saturated rings. The first-order valence-corrected chi connectivity index (χ1v) is 8.41. The molecule has 0 aromatic carbocycles. The van der Waals surface area contributed by atoms with E-state index in [2.05, 4.69) is 44.8 Å². The summed E-state index contributed by atoms with van der Waals surface area (Å²) in [5.41, 5.74) is 0. The molecule has 0 radical (unpaired) electrons. The van der Waals surface area contributed by atoms with Crippen molar-refractivity contribution in [3.8, 4) is 0 Å². The third-order valence-electron chi connectivity index (χ3n) is 3.50. The van der Waals surface area contributed by atoms with E-state index in [1.165, 1.54) is 19.4 Å². The zero-order chi connectivity index (χ0) is 14.5. The van der Waals surface area contributed by atoms with Crippen molar-refractivity contribution in [2.24, 2.45) is 5.92 Å². The van der Waals surface area contributed by atoms with Crippen LogP contribution in [0.25, 0.3) is 0 Å². The maximum atomic E-state index is 11.8. The summed E-state index contributed by atoms with van der Waals surface area (Å²) in [7, 11) is 0. The molecule has 0 spiro atoms. The van der Waals surface area contributed by atoms with Crippen molar-refractivity contribution in [2.75, 3.05) is 25.4 Å². The molecule has 112 valence electrons. The lowest BCUT2D eigenvalue weighted by atomic mass is 9.97. The van der Waals surface area contributed by atoms with E-state index in [9.17, 15) is 4.79 Å². The molecule has 0 bridgehead atoms. The Balaban J connectivity index is 2.23. The number of nitrogens with one attached hydrogen (secondary N) is 1. The minimum atomic E-state index is 0.163. The van der Waals surface area contributed by atoms with Crippen LogP contribution in [0.5, 0.6) is 0 Å². The number of likely N-dealkylation sites (tertiary alicyclic amines) is 1. The molecular formula is C15H30N2OS. The van der Waals surface area contributed by atoms with E-state index in [1.807, 2.05) is 0 Å². The Kier molecular flexibility index (Phi) is 6.67. The monoisotopic (exact) mass is 286 g/mol. The van der Waals surface area contributed by atoms with Crippen molar-refractivity contribution in [3.63, 3.8) is 0 Å². The molecule has 1 atom stereocenters. The van der Waals surface area contributed by atoms with Crippen molar-refractivity contribution in [1.29, 1.82) is 0 Å². The van der Waals surface area contributed by atoms with Crippen LogP contribution in [0, 0.1) is 5.92 Å². The number of carbonyl (C=O) groups is 1. The lowest BCUT2D eigenvalue weighted by Gasteiger charge is -2.35. The van der Waals surface area contributed by atoms with E-state index in [0.717, 1.165) is 13.1 Å². The largest absolute Gasteiger partial charge is 0.355 e. The maximum absolute atomic E-state index is 11.8. The number of hydrogen-bond donors (Lipinski definition) is 1. The summed E-state index contributed by atoms with van der Waals surface area (Å²) in [6.45, 7) is 14.1. The second-order valence-corrected chi connectivity index (χ2v) is 8.60. The lowest BCUT2D eigenvalue weighted by Crippen LogP contribution is -2.44. The Labute approximate surface area is 122 Å². The van der Waals surface area contributed by atoms with Crippen LogP contribution in [0.3, 0.4) is 0 Å². The third-order valence-corrected chi connectivity index (χ3v) is 4.78. The first kappa shape index (κ1) is 16.8. The molecule has 1 saturated heterocycles. The predicted octanol–water partition coefficient (Wildman–Crippen LogP) is 2.75. The predicted molar refractivity (Wildman–Crippen MR) is 84.7 cm³/mol. The molecular weight excluding hydrogens is 256 g/mol. The standard InChI is InChI=1S/C15H30N2OS/c1-12(2)17-8-6-7-13(10-17)9-16-14(18)11-19-15(3,4)5/h12-13H,6-11H2,1-5H3,(H,16,18). The second-order valence-electron chi connectivity index (χ2n) is 6.80. The second kappa shape index (κ2) is 7.53. The van der Waals surface area contributed by atoms with Gasteiger partial charge >= 0.3 is 0 Å². The molecule has 19 heavy (non-hydrogen) atoms.